The number of rotatable bonds is 9. The third-order valence-corrected chi connectivity index (χ3v) is 9.47. The predicted octanol–water partition coefficient (Wildman–Crippen LogP) is 9.65. The number of nitrogens with zero attached hydrogens (tertiary/aromatic N) is 3. The van der Waals surface area contributed by atoms with E-state index < -0.39 is 6.04 Å². The van der Waals surface area contributed by atoms with Crippen LogP contribution >= 0.6 is 46.6 Å². The first-order chi connectivity index (χ1) is 22.2. The number of hydrogen-bond donors (Lipinski definition) is 2. The van der Waals surface area contributed by atoms with E-state index in [0.29, 0.717) is 48.9 Å². The first-order valence-electron chi connectivity index (χ1n) is 14.5. The van der Waals surface area contributed by atoms with E-state index in [4.69, 9.17) is 49.6 Å². The van der Waals surface area contributed by atoms with Crippen LogP contribution < -0.4 is 15.4 Å². The molecule has 2 N–H and O–H groups in total. The topological polar surface area (TPSA) is 81.1 Å². The summed E-state index contributed by atoms with van der Waals surface area (Å²) in [6, 6.07) is 26.0. The summed E-state index contributed by atoms with van der Waals surface area (Å²) in [5.41, 5.74) is 6.73. The highest BCUT2D eigenvalue weighted by Crippen LogP contribution is 2.38. The van der Waals surface area contributed by atoms with Crippen LogP contribution in [-0.4, -0.2) is 20.7 Å². The van der Waals surface area contributed by atoms with Gasteiger partial charge in [0.25, 0.3) is 5.91 Å². The number of allylic oxidation sites excluding steroid dienone is 1. The Kier molecular flexibility index (Phi) is 9.61. The quantitative estimate of drug-likeness (QED) is 0.150. The van der Waals surface area contributed by atoms with Crippen molar-refractivity contribution in [2.45, 2.75) is 44.3 Å². The van der Waals surface area contributed by atoms with Gasteiger partial charge in [-0.15, -0.1) is 5.10 Å². The number of thioether (sulfide) groups is 1. The van der Waals surface area contributed by atoms with Crippen LogP contribution in [0.25, 0.3) is 0 Å². The van der Waals surface area contributed by atoms with Gasteiger partial charge in [0, 0.05) is 37.8 Å². The summed E-state index contributed by atoms with van der Waals surface area (Å²) in [7, 11) is 0. The van der Waals surface area contributed by atoms with E-state index in [1.54, 1.807) is 16.8 Å². The molecule has 7 nitrogen and oxygen atoms in total. The molecule has 0 spiro atoms. The average Bonchev–Trinajstić information content (AvgIpc) is 3.43. The lowest BCUT2D eigenvalue weighted by Crippen LogP contribution is -2.31. The van der Waals surface area contributed by atoms with Crippen LogP contribution in [0, 0.1) is 13.8 Å². The molecule has 1 atom stereocenters. The Morgan fingerprint density at radius 3 is 2.46 bits per heavy atom. The Hall–Kier alpha value is -3.95. The summed E-state index contributed by atoms with van der Waals surface area (Å²) in [5.74, 6) is 1.57. The predicted molar refractivity (Wildman–Crippen MR) is 187 cm³/mol. The first kappa shape index (κ1) is 32.0. The molecule has 1 amide bonds. The molecule has 0 saturated carbocycles. The lowest BCUT2D eigenvalue weighted by Gasteiger charge is -2.29. The minimum absolute atomic E-state index is 0.230. The van der Waals surface area contributed by atoms with Crippen LogP contribution in [0.1, 0.15) is 40.8 Å². The molecular formula is C35H30Cl3N5O2S. The monoisotopic (exact) mass is 689 g/mol. The molecule has 0 saturated heterocycles. The number of ether oxygens (including phenoxy) is 1. The molecule has 0 bridgehead atoms. The molecule has 1 aliphatic heterocycles. The summed E-state index contributed by atoms with van der Waals surface area (Å²) in [4.78, 5) is 18.8. The van der Waals surface area contributed by atoms with E-state index in [2.05, 4.69) is 10.6 Å². The standard InChI is InChI=1S/C35H30Cl3N5O2S/c1-20-8-15-30(21(2)16-20)40-33(44)31-22(3)39-34-41-35(46-19-25-6-4-5-7-28(25)37)42-43(34)32(31)23-10-13-27(14-11-23)45-18-24-9-12-26(36)17-29(24)38/h4-17,32H,18-19H2,1-3H3,(H,40,44)(H,39,41,42). The second kappa shape index (κ2) is 13.8. The highest BCUT2D eigenvalue weighted by molar-refractivity contribution is 7.98. The summed E-state index contributed by atoms with van der Waals surface area (Å²) >= 11 is 20.2. The van der Waals surface area contributed by atoms with Crippen molar-refractivity contribution in [3.8, 4) is 5.75 Å². The largest absolute Gasteiger partial charge is 0.489 e. The van der Waals surface area contributed by atoms with Gasteiger partial charge in [0.05, 0.1) is 5.57 Å². The van der Waals surface area contributed by atoms with Crippen molar-refractivity contribution in [2.24, 2.45) is 0 Å². The zero-order valence-corrected chi connectivity index (χ0v) is 28.4. The number of fused-ring (bicyclic) bond motifs is 1. The number of benzene rings is 4. The van der Waals surface area contributed by atoms with Crippen LogP contribution in [0.2, 0.25) is 15.1 Å². The molecule has 5 aromatic rings. The molecule has 1 aromatic heterocycles. The van der Waals surface area contributed by atoms with E-state index in [0.717, 1.165) is 33.5 Å². The minimum Gasteiger partial charge on any atom is -0.489 e. The van der Waals surface area contributed by atoms with Crippen molar-refractivity contribution in [3.05, 3.63) is 139 Å². The smallest absolute Gasteiger partial charge is 0.255 e. The maximum absolute atomic E-state index is 14.0. The Morgan fingerprint density at radius 1 is 0.935 bits per heavy atom. The fourth-order valence-corrected chi connectivity index (χ4v) is 6.82. The van der Waals surface area contributed by atoms with Crippen molar-refractivity contribution in [1.82, 2.24) is 14.8 Å². The Bertz CT molecular complexity index is 1960. The summed E-state index contributed by atoms with van der Waals surface area (Å²) < 4.78 is 7.80. The molecule has 1 aliphatic rings. The fourth-order valence-electron chi connectivity index (χ4n) is 5.24. The summed E-state index contributed by atoms with van der Waals surface area (Å²) in [6.45, 7) is 6.17. The van der Waals surface area contributed by atoms with Crippen LogP contribution in [0.5, 0.6) is 5.75 Å². The molecular weight excluding hydrogens is 661 g/mol. The molecule has 0 aliphatic carbocycles. The minimum atomic E-state index is -0.552. The Balaban J connectivity index is 1.30. The molecule has 4 aromatic carbocycles. The van der Waals surface area contributed by atoms with Crippen LogP contribution in [0.3, 0.4) is 0 Å². The second-order valence-corrected chi connectivity index (χ2v) is 13.2. The van der Waals surface area contributed by atoms with Crippen LogP contribution in [0.15, 0.2) is 101 Å². The molecule has 234 valence electrons. The number of nitrogens with one attached hydrogen (secondary N) is 2. The van der Waals surface area contributed by atoms with Gasteiger partial charge in [0.1, 0.15) is 18.4 Å². The number of aromatic nitrogens is 3. The van der Waals surface area contributed by atoms with Gasteiger partial charge in [-0.3, -0.25) is 4.79 Å². The van der Waals surface area contributed by atoms with E-state index >= 15 is 0 Å². The highest BCUT2D eigenvalue weighted by atomic mass is 35.5. The number of hydrogen-bond acceptors (Lipinski definition) is 6. The highest BCUT2D eigenvalue weighted by Gasteiger charge is 2.34. The van der Waals surface area contributed by atoms with Gasteiger partial charge in [-0.1, -0.05) is 101 Å². The Morgan fingerprint density at radius 2 is 1.72 bits per heavy atom. The van der Waals surface area contributed by atoms with Crippen molar-refractivity contribution in [2.75, 3.05) is 10.6 Å². The number of carbonyl (C=O) groups excluding carboxylic acids is 1. The van der Waals surface area contributed by atoms with Gasteiger partial charge in [-0.05, 0) is 73.9 Å². The van der Waals surface area contributed by atoms with Gasteiger partial charge >= 0.3 is 0 Å². The maximum atomic E-state index is 14.0. The molecule has 46 heavy (non-hydrogen) atoms. The van der Waals surface area contributed by atoms with Gasteiger partial charge in [-0.2, -0.15) is 4.98 Å². The van der Waals surface area contributed by atoms with E-state index in [1.807, 2.05) is 93.6 Å². The third-order valence-electron chi connectivity index (χ3n) is 7.63. The molecule has 6 rings (SSSR count). The Labute approximate surface area is 286 Å². The SMILES string of the molecule is CC1=C(C(=O)Nc2ccc(C)cc2C)C(c2ccc(OCc3ccc(Cl)cc3Cl)cc2)n2nc(SCc3ccccc3Cl)nc2N1. The number of halogens is 3. The molecule has 0 radical (unpaired) electrons. The van der Waals surface area contributed by atoms with Gasteiger partial charge in [-0.25, -0.2) is 4.68 Å². The van der Waals surface area contributed by atoms with Crippen LogP contribution in [-0.2, 0) is 17.2 Å². The summed E-state index contributed by atoms with van der Waals surface area (Å²) in [6.07, 6.45) is 0. The van der Waals surface area contributed by atoms with Crippen molar-refractivity contribution in [1.29, 1.82) is 0 Å². The van der Waals surface area contributed by atoms with Gasteiger partial charge < -0.3 is 15.4 Å². The second-order valence-electron chi connectivity index (χ2n) is 11.0. The van der Waals surface area contributed by atoms with Crippen LogP contribution in [0.4, 0.5) is 11.6 Å². The zero-order chi connectivity index (χ0) is 32.4. The number of amides is 1. The maximum Gasteiger partial charge on any atom is 0.255 e. The number of anilines is 2. The molecule has 2 heterocycles. The van der Waals surface area contributed by atoms with E-state index in [9.17, 15) is 4.79 Å². The van der Waals surface area contributed by atoms with Crippen molar-refractivity contribution >= 4 is 64.1 Å². The first-order valence-corrected chi connectivity index (χ1v) is 16.6. The third kappa shape index (κ3) is 7.05. The molecule has 11 heteroatoms. The molecule has 0 fully saturated rings. The van der Waals surface area contributed by atoms with E-state index in [1.165, 1.54) is 11.8 Å². The fraction of sp³-hybridized carbons (Fsp3) is 0.171. The summed E-state index contributed by atoms with van der Waals surface area (Å²) in [5, 5.41) is 13.7. The number of aryl methyl sites for hydroxylation is 2. The molecule has 1 unspecified atom stereocenters. The van der Waals surface area contributed by atoms with Gasteiger partial charge in [0.2, 0.25) is 11.1 Å². The number of carbonyl (C=O) groups is 1. The lowest BCUT2D eigenvalue weighted by molar-refractivity contribution is -0.113. The lowest BCUT2D eigenvalue weighted by atomic mass is 9.94. The van der Waals surface area contributed by atoms with Crippen molar-refractivity contribution < 1.29 is 9.53 Å². The van der Waals surface area contributed by atoms with Gasteiger partial charge in [0.15, 0.2) is 0 Å². The zero-order valence-electron chi connectivity index (χ0n) is 25.3. The average molecular weight is 691 g/mol. The van der Waals surface area contributed by atoms with E-state index in [-0.39, 0.29) is 12.5 Å². The van der Waals surface area contributed by atoms with Crippen molar-refractivity contribution in [3.63, 3.8) is 0 Å². The normalized spacial score (nSPS) is 14.1.